The van der Waals surface area contributed by atoms with Gasteiger partial charge in [-0.15, -0.1) is 0 Å². The van der Waals surface area contributed by atoms with Gasteiger partial charge in [-0.3, -0.25) is 9.59 Å². The van der Waals surface area contributed by atoms with Crippen LogP contribution >= 0.6 is 0 Å². The van der Waals surface area contributed by atoms with Crippen LogP contribution in [0.25, 0.3) is 10.8 Å². The Morgan fingerprint density at radius 2 is 1.94 bits per heavy atom. The molecule has 0 saturated carbocycles. The van der Waals surface area contributed by atoms with E-state index in [1.54, 1.807) is 44.4 Å². The molecule has 0 aliphatic heterocycles. The van der Waals surface area contributed by atoms with E-state index in [1.165, 1.54) is 28.8 Å². The minimum absolute atomic E-state index is 0.0928. The summed E-state index contributed by atoms with van der Waals surface area (Å²) in [5.41, 5.74) is 0.658. The van der Waals surface area contributed by atoms with Crippen LogP contribution in [0.5, 0.6) is 0 Å². The van der Waals surface area contributed by atoms with Gasteiger partial charge in [0, 0.05) is 30.0 Å². The van der Waals surface area contributed by atoms with Gasteiger partial charge in [-0.05, 0) is 44.5 Å². The van der Waals surface area contributed by atoms with E-state index in [-0.39, 0.29) is 22.9 Å². The maximum atomic E-state index is 14.8. The fourth-order valence-electron chi connectivity index (χ4n) is 4.09. The second-order valence-corrected chi connectivity index (χ2v) is 7.89. The van der Waals surface area contributed by atoms with E-state index in [4.69, 9.17) is 0 Å². The predicted octanol–water partition coefficient (Wildman–Crippen LogP) is 4.34. The number of nitrogens with zero attached hydrogens (tertiary/aromatic N) is 3. The first-order valence-corrected chi connectivity index (χ1v) is 10.7. The Morgan fingerprint density at radius 3 is 2.67 bits per heavy atom. The highest BCUT2D eigenvalue weighted by Crippen LogP contribution is 2.24. The first kappa shape index (κ1) is 22.4. The standard InChI is InChI=1S/C25H24F2N4O2/c1-4-30-12-11-28-21(30)14-31-16(3)22(19-9-6-10-20(27)23(19)25(31)33)24(32)29-15(2)17-7-5-8-18(26)13-17/h5-13,15H,4,14H2,1-3H3,(H,29,32)/t15-/m0/s1. The van der Waals surface area contributed by atoms with Gasteiger partial charge < -0.3 is 14.5 Å². The topological polar surface area (TPSA) is 68.9 Å². The summed E-state index contributed by atoms with van der Waals surface area (Å²) in [5, 5.41) is 2.94. The third kappa shape index (κ3) is 4.16. The lowest BCUT2D eigenvalue weighted by atomic mass is 10.0. The van der Waals surface area contributed by atoms with Crippen LogP contribution in [-0.2, 0) is 13.1 Å². The van der Waals surface area contributed by atoms with Crippen molar-refractivity contribution in [2.45, 2.75) is 39.9 Å². The third-order valence-electron chi connectivity index (χ3n) is 5.87. The van der Waals surface area contributed by atoms with Crippen molar-refractivity contribution < 1.29 is 13.6 Å². The molecule has 1 amide bonds. The summed E-state index contributed by atoms with van der Waals surface area (Å²) in [6, 6.07) is 9.69. The Bertz CT molecular complexity index is 1410. The van der Waals surface area contributed by atoms with Gasteiger partial charge in [0.15, 0.2) is 0 Å². The van der Waals surface area contributed by atoms with Gasteiger partial charge in [-0.1, -0.05) is 24.3 Å². The summed E-state index contributed by atoms with van der Waals surface area (Å²) in [6.07, 6.45) is 3.43. The second-order valence-electron chi connectivity index (χ2n) is 7.89. The second kappa shape index (κ2) is 8.97. The lowest BCUT2D eigenvalue weighted by molar-refractivity contribution is 0.0940. The minimum Gasteiger partial charge on any atom is -0.345 e. The summed E-state index contributed by atoms with van der Waals surface area (Å²) >= 11 is 0. The van der Waals surface area contributed by atoms with E-state index >= 15 is 0 Å². The van der Waals surface area contributed by atoms with Crippen molar-refractivity contribution in [1.29, 1.82) is 0 Å². The zero-order valence-corrected chi connectivity index (χ0v) is 18.6. The number of carbonyl (C=O) groups is 1. The number of halogens is 2. The molecule has 0 bridgehead atoms. The summed E-state index contributed by atoms with van der Waals surface area (Å²) in [7, 11) is 0. The molecule has 1 atom stereocenters. The zero-order chi connectivity index (χ0) is 23.7. The number of benzene rings is 2. The highest BCUT2D eigenvalue weighted by atomic mass is 19.1. The van der Waals surface area contributed by atoms with Gasteiger partial charge in [-0.2, -0.15) is 0 Å². The van der Waals surface area contributed by atoms with Crippen LogP contribution in [0.15, 0.2) is 59.7 Å². The molecule has 0 fully saturated rings. The van der Waals surface area contributed by atoms with Gasteiger partial charge in [-0.25, -0.2) is 13.8 Å². The molecule has 0 saturated heterocycles. The molecule has 1 N–H and O–H groups in total. The maximum absolute atomic E-state index is 14.8. The molecule has 8 heteroatoms. The molecular formula is C25H24F2N4O2. The number of imidazole rings is 1. The molecular weight excluding hydrogens is 426 g/mol. The molecule has 170 valence electrons. The van der Waals surface area contributed by atoms with Gasteiger partial charge in [0.1, 0.15) is 17.5 Å². The number of aryl methyl sites for hydroxylation is 1. The van der Waals surface area contributed by atoms with Crippen LogP contribution in [0.2, 0.25) is 0 Å². The molecule has 6 nitrogen and oxygen atoms in total. The lowest BCUT2D eigenvalue weighted by Gasteiger charge is -2.20. The summed E-state index contributed by atoms with van der Waals surface area (Å²) < 4.78 is 31.7. The van der Waals surface area contributed by atoms with Gasteiger partial charge in [0.05, 0.1) is 23.5 Å². The smallest absolute Gasteiger partial charge is 0.262 e. The first-order valence-electron chi connectivity index (χ1n) is 10.7. The first-order chi connectivity index (χ1) is 15.8. The Labute approximate surface area is 189 Å². The van der Waals surface area contributed by atoms with Gasteiger partial charge >= 0.3 is 0 Å². The Kier molecular flexibility index (Phi) is 6.09. The monoisotopic (exact) mass is 450 g/mol. The van der Waals surface area contributed by atoms with Crippen molar-refractivity contribution in [1.82, 2.24) is 19.4 Å². The van der Waals surface area contributed by atoms with E-state index in [2.05, 4.69) is 10.3 Å². The summed E-state index contributed by atoms with van der Waals surface area (Å²) in [4.78, 5) is 31.0. The molecule has 0 spiro atoms. The molecule has 0 aliphatic rings. The van der Waals surface area contributed by atoms with Crippen molar-refractivity contribution in [2.75, 3.05) is 0 Å². The van der Waals surface area contributed by atoms with Crippen molar-refractivity contribution in [3.8, 4) is 0 Å². The summed E-state index contributed by atoms with van der Waals surface area (Å²) in [5.74, 6) is -0.958. The number of pyridine rings is 1. The van der Waals surface area contributed by atoms with E-state index in [0.29, 0.717) is 23.6 Å². The maximum Gasteiger partial charge on any atom is 0.262 e. The normalized spacial score (nSPS) is 12.2. The number of fused-ring (bicyclic) bond motifs is 1. The average molecular weight is 450 g/mol. The fourth-order valence-corrected chi connectivity index (χ4v) is 4.09. The number of nitrogens with one attached hydrogen (secondary N) is 1. The molecule has 4 rings (SSSR count). The van der Waals surface area contributed by atoms with Crippen LogP contribution in [0, 0.1) is 18.6 Å². The van der Waals surface area contributed by atoms with Crippen LogP contribution in [0.3, 0.4) is 0 Å². The number of rotatable bonds is 6. The highest BCUT2D eigenvalue weighted by Gasteiger charge is 2.23. The number of aromatic nitrogens is 3. The van der Waals surface area contributed by atoms with Crippen LogP contribution < -0.4 is 10.9 Å². The Hall–Kier alpha value is -3.81. The van der Waals surface area contributed by atoms with E-state index in [0.717, 1.165) is 0 Å². The molecule has 0 aliphatic carbocycles. The fraction of sp³-hybridized carbons (Fsp3) is 0.240. The summed E-state index contributed by atoms with van der Waals surface area (Å²) in [6.45, 7) is 6.10. The Balaban J connectivity index is 1.84. The number of amides is 1. The van der Waals surface area contributed by atoms with Crippen LogP contribution in [-0.4, -0.2) is 20.0 Å². The van der Waals surface area contributed by atoms with Gasteiger partial charge in [0.25, 0.3) is 11.5 Å². The van der Waals surface area contributed by atoms with Crippen molar-refractivity contribution >= 4 is 16.7 Å². The molecule has 0 radical (unpaired) electrons. The molecule has 2 aromatic carbocycles. The van der Waals surface area contributed by atoms with Gasteiger partial charge in [0.2, 0.25) is 0 Å². The van der Waals surface area contributed by atoms with Crippen molar-refractivity contribution in [3.05, 3.63) is 99.5 Å². The predicted molar refractivity (Wildman–Crippen MR) is 122 cm³/mol. The lowest BCUT2D eigenvalue weighted by Crippen LogP contribution is -2.32. The molecule has 2 aromatic heterocycles. The molecule has 0 unspecified atom stereocenters. The molecule has 33 heavy (non-hydrogen) atoms. The number of hydrogen-bond acceptors (Lipinski definition) is 3. The molecule has 2 heterocycles. The molecule has 4 aromatic rings. The van der Waals surface area contributed by atoms with E-state index < -0.39 is 29.1 Å². The largest absolute Gasteiger partial charge is 0.345 e. The number of carbonyl (C=O) groups excluding carboxylic acids is 1. The van der Waals surface area contributed by atoms with Crippen molar-refractivity contribution in [3.63, 3.8) is 0 Å². The zero-order valence-electron chi connectivity index (χ0n) is 18.6. The number of hydrogen-bond donors (Lipinski definition) is 1. The third-order valence-corrected chi connectivity index (χ3v) is 5.87. The van der Waals surface area contributed by atoms with E-state index in [9.17, 15) is 18.4 Å². The van der Waals surface area contributed by atoms with Crippen LogP contribution in [0.1, 0.15) is 47.3 Å². The van der Waals surface area contributed by atoms with E-state index in [1.807, 2.05) is 11.5 Å². The minimum atomic E-state index is -0.697. The van der Waals surface area contributed by atoms with Crippen LogP contribution in [0.4, 0.5) is 8.78 Å². The average Bonchev–Trinajstić information content (AvgIpc) is 3.24. The SMILES string of the molecule is CCn1ccnc1Cn1c(C)c(C(=O)N[C@@H](C)c2cccc(F)c2)c2cccc(F)c2c1=O. The van der Waals surface area contributed by atoms with Crippen molar-refractivity contribution in [2.24, 2.45) is 0 Å². The highest BCUT2D eigenvalue weighted by molar-refractivity contribution is 6.08. The quantitative estimate of drug-likeness (QED) is 0.475. The Morgan fingerprint density at radius 1 is 1.18 bits per heavy atom.